The van der Waals surface area contributed by atoms with Crippen molar-refractivity contribution in [1.82, 2.24) is 20.4 Å². The van der Waals surface area contributed by atoms with Gasteiger partial charge in [-0.3, -0.25) is 9.79 Å². The van der Waals surface area contributed by atoms with E-state index in [1.807, 2.05) is 37.9 Å². The number of benzene rings is 1. The van der Waals surface area contributed by atoms with Crippen LogP contribution in [-0.2, 0) is 11.3 Å². The number of likely N-dealkylation sites (N-methyl/N-ethyl adjacent to an activating group) is 1. The van der Waals surface area contributed by atoms with Gasteiger partial charge in [0.2, 0.25) is 5.91 Å². The number of rotatable bonds is 8. The highest BCUT2D eigenvalue weighted by molar-refractivity contribution is 5.80. The highest BCUT2D eigenvalue weighted by Gasteiger charge is 2.25. The number of nitrogens with zero attached hydrogens (tertiary/aromatic N) is 3. The lowest BCUT2D eigenvalue weighted by Gasteiger charge is -2.19. The van der Waals surface area contributed by atoms with Crippen LogP contribution >= 0.6 is 0 Å². The van der Waals surface area contributed by atoms with Gasteiger partial charge in [0, 0.05) is 45.2 Å². The normalized spacial score (nSPS) is 17.4. The van der Waals surface area contributed by atoms with Crippen molar-refractivity contribution in [2.45, 2.75) is 39.3 Å². The maximum absolute atomic E-state index is 13.0. The molecule has 1 aromatic carbocycles. The van der Waals surface area contributed by atoms with Gasteiger partial charge in [0.25, 0.3) is 0 Å². The Morgan fingerprint density at radius 3 is 2.74 bits per heavy atom. The van der Waals surface area contributed by atoms with E-state index in [4.69, 9.17) is 0 Å². The molecule has 1 saturated heterocycles. The first-order valence-electron chi connectivity index (χ1n) is 9.77. The standard InChI is InChI=1S/C20H32FN5O/c1-4-19(27)26-12-10-18(15-26)24-20(22-5-2)23-11-13-25(3)14-16-6-8-17(21)9-7-16/h6-9,18H,4-5,10-15H2,1-3H3,(H2,22,23,24). The lowest BCUT2D eigenvalue weighted by molar-refractivity contribution is -0.129. The van der Waals surface area contributed by atoms with Gasteiger partial charge >= 0.3 is 0 Å². The topological polar surface area (TPSA) is 60.0 Å². The van der Waals surface area contributed by atoms with Crippen LogP contribution in [-0.4, -0.2) is 67.5 Å². The highest BCUT2D eigenvalue weighted by Crippen LogP contribution is 2.10. The van der Waals surface area contributed by atoms with Gasteiger partial charge in [-0.1, -0.05) is 19.1 Å². The average molecular weight is 378 g/mol. The van der Waals surface area contributed by atoms with Crippen molar-refractivity contribution in [3.8, 4) is 0 Å². The number of amides is 1. The molecule has 0 radical (unpaired) electrons. The number of nitrogens with one attached hydrogen (secondary N) is 2. The first-order chi connectivity index (χ1) is 13.0. The third kappa shape index (κ3) is 7.17. The van der Waals surface area contributed by atoms with E-state index in [2.05, 4.69) is 20.5 Å². The second-order valence-electron chi connectivity index (χ2n) is 6.95. The fourth-order valence-corrected chi connectivity index (χ4v) is 3.15. The predicted octanol–water partition coefficient (Wildman–Crippen LogP) is 1.82. The minimum atomic E-state index is -0.210. The SMILES string of the molecule is CCNC(=NCCN(C)Cc1ccc(F)cc1)NC1CCN(C(=O)CC)C1. The molecular weight excluding hydrogens is 345 g/mol. The fraction of sp³-hybridized carbons (Fsp3) is 0.600. The van der Waals surface area contributed by atoms with Gasteiger partial charge in [-0.25, -0.2) is 4.39 Å². The minimum absolute atomic E-state index is 0.210. The molecule has 1 amide bonds. The molecule has 150 valence electrons. The summed E-state index contributed by atoms with van der Waals surface area (Å²) in [5, 5.41) is 6.71. The number of halogens is 1. The van der Waals surface area contributed by atoms with E-state index in [0.717, 1.165) is 50.7 Å². The third-order valence-corrected chi connectivity index (χ3v) is 4.65. The van der Waals surface area contributed by atoms with Gasteiger partial charge in [0.15, 0.2) is 5.96 Å². The van der Waals surface area contributed by atoms with Crippen LogP contribution in [0, 0.1) is 5.82 Å². The Hall–Kier alpha value is -2.15. The molecule has 0 saturated carbocycles. The predicted molar refractivity (Wildman–Crippen MR) is 107 cm³/mol. The Kier molecular flexibility index (Phi) is 8.51. The van der Waals surface area contributed by atoms with Crippen molar-refractivity contribution in [2.75, 3.05) is 39.8 Å². The smallest absolute Gasteiger partial charge is 0.222 e. The average Bonchev–Trinajstić information content (AvgIpc) is 3.11. The molecule has 1 aromatic rings. The van der Waals surface area contributed by atoms with Crippen molar-refractivity contribution >= 4 is 11.9 Å². The van der Waals surface area contributed by atoms with E-state index in [0.29, 0.717) is 13.0 Å². The van der Waals surface area contributed by atoms with Crippen molar-refractivity contribution < 1.29 is 9.18 Å². The second kappa shape index (κ2) is 10.9. The van der Waals surface area contributed by atoms with Gasteiger partial charge in [-0.05, 0) is 38.1 Å². The van der Waals surface area contributed by atoms with Crippen LogP contribution in [0.5, 0.6) is 0 Å². The van der Waals surface area contributed by atoms with Crippen LogP contribution in [0.15, 0.2) is 29.3 Å². The molecule has 0 bridgehead atoms. The van der Waals surface area contributed by atoms with E-state index < -0.39 is 0 Å². The van der Waals surface area contributed by atoms with Crippen molar-refractivity contribution in [3.63, 3.8) is 0 Å². The number of hydrogen-bond donors (Lipinski definition) is 2. The first-order valence-corrected chi connectivity index (χ1v) is 9.77. The van der Waals surface area contributed by atoms with Crippen LogP contribution in [0.1, 0.15) is 32.3 Å². The maximum Gasteiger partial charge on any atom is 0.222 e. The Bertz CT molecular complexity index is 619. The quantitative estimate of drug-likeness (QED) is 0.536. The summed E-state index contributed by atoms with van der Waals surface area (Å²) >= 11 is 0. The summed E-state index contributed by atoms with van der Waals surface area (Å²) in [6, 6.07) is 6.84. The molecular formula is C20H32FN5O. The number of likely N-dealkylation sites (tertiary alicyclic amines) is 1. The van der Waals surface area contributed by atoms with E-state index in [1.165, 1.54) is 12.1 Å². The number of carbonyl (C=O) groups is 1. The van der Waals surface area contributed by atoms with Gasteiger partial charge in [0.05, 0.1) is 6.54 Å². The van der Waals surface area contributed by atoms with Gasteiger partial charge in [-0.15, -0.1) is 0 Å². The molecule has 2 rings (SSSR count). The number of guanidine groups is 1. The molecule has 1 heterocycles. The molecule has 27 heavy (non-hydrogen) atoms. The third-order valence-electron chi connectivity index (χ3n) is 4.65. The molecule has 0 spiro atoms. The molecule has 0 aliphatic carbocycles. The Labute approximate surface area is 161 Å². The zero-order valence-electron chi connectivity index (χ0n) is 16.7. The molecule has 1 fully saturated rings. The van der Waals surface area contributed by atoms with Crippen molar-refractivity contribution in [3.05, 3.63) is 35.6 Å². The summed E-state index contributed by atoms with van der Waals surface area (Å²) in [6.45, 7) is 8.51. The number of hydrogen-bond acceptors (Lipinski definition) is 3. The fourth-order valence-electron chi connectivity index (χ4n) is 3.15. The van der Waals surface area contributed by atoms with Crippen LogP contribution in [0.2, 0.25) is 0 Å². The van der Waals surface area contributed by atoms with Gasteiger partial charge in [-0.2, -0.15) is 0 Å². The van der Waals surface area contributed by atoms with Crippen LogP contribution in [0.25, 0.3) is 0 Å². The molecule has 1 unspecified atom stereocenters. The molecule has 2 N–H and O–H groups in total. The minimum Gasteiger partial charge on any atom is -0.357 e. The largest absolute Gasteiger partial charge is 0.357 e. The number of carbonyl (C=O) groups excluding carboxylic acids is 1. The summed E-state index contributed by atoms with van der Waals surface area (Å²) in [4.78, 5) is 20.5. The zero-order chi connectivity index (χ0) is 19.6. The van der Waals surface area contributed by atoms with Crippen molar-refractivity contribution in [1.29, 1.82) is 0 Å². The maximum atomic E-state index is 13.0. The molecule has 1 aliphatic heterocycles. The highest BCUT2D eigenvalue weighted by atomic mass is 19.1. The Morgan fingerprint density at radius 2 is 2.07 bits per heavy atom. The lowest BCUT2D eigenvalue weighted by atomic mass is 10.2. The zero-order valence-corrected chi connectivity index (χ0v) is 16.7. The van der Waals surface area contributed by atoms with Gasteiger partial charge < -0.3 is 20.4 Å². The number of aliphatic imine (C=N–C) groups is 1. The first kappa shape index (κ1) is 21.2. The van der Waals surface area contributed by atoms with Crippen LogP contribution in [0.4, 0.5) is 4.39 Å². The second-order valence-corrected chi connectivity index (χ2v) is 6.95. The molecule has 1 atom stereocenters. The summed E-state index contributed by atoms with van der Waals surface area (Å²) in [7, 11) is 2.03. The Balaban J connectivity index is 1.79. The van der Waals surface area contributed by atoms with Crippen LogP contribution < -0.4 is 10.6 Å². The van der Waals surface area contributed by atoms with E-state index in [9.17, 15) is 9.18 Å². The Morgan fingerprint density at radius 1 is 1.33 bits per heavy atom. The van der Waals surface area contributed by atoms with E-state index in [-0.39, 0.29) is 17.8 Å². The van der Waals surface area contributed by atoms with Crippen molar-refractivity contribution in [2.24, 2.45) is 4.99 Å². The summed E-state index contributed by atoms with van der Waals surface area (Å²) < 4.78 is 13.0. The van der Waals surface area contributed by atoms with E-state index in [1.54, 1.807) is 0 Å². The van der Waals surface area contributed by atoms with Gasteiger partial charge in [0.1, 0.15) is 5.82 Å². The molecule has 7 heteroatoms. The summed E-state index contributed by atoms with van der Waals surface area (Å²) in [5.74, 6) is 0.797. The monoisotopic (exact) mass is 377 g/mol. The lowest BCUT2D eigenvalue weighted by Crippen LogP contribution is -2.45. The summed E-state index contributed by atoms with van der Waals surface area (Å²) in [6.07, 6.45) is 1.50. The molecule has 0 aromatic heterocycles. The van der Waals surface area contributed by atoms with E-state index >= 15 is 0 Å². The summed E-state index contributed by atoms with van der Waals surface area (Å²) in [5.41, 5.74) is 1.08. The molecule has 1 aliphatic rings. The molecule has 6 nitrogen and oxygen atoms in total. The van der Waals surface area contributed by atoms with Crippen LogP contribution in [0.3, 0.4) is 0 Å².